The molecule has 0 radical (unpaired) electrons. The van der Waals surface area contributed by atoms with Crippen molar-refractivity contribution in [2.24, 2.45) is 5.92 Å². The first-order chi connectivity index (χ1) is 36.3. The third-order valence-corrected chi connectivity index (χ3v) is 16.4. The van der Waals surface area contributed by atoms with Crippen LogP contribution in [0.1, 0.15) is 69.0 Å². The molecular formula is C54H65ClN12O7S. The molecule has 0 spiro atoms. The molecule has 19 nitrogen and oxygen atoms in total. The number of ether oxygens (including phenoxy) is 2. The highest BCUT2D eigenvalue weighted by Gasteiger charge is 2.45. The average molecular weight is 1060 g/mol. The molecule has 2 amide bonds. The molecule has 21 heteroatoms. The van der Waals surface area contributed by atoms with Gasteiger partial charge in [0.15, 0.2) is 11.6 Å². The first kappa shape index (κ1) is 51.9. The third kappa shape index (κ3) is 11.4. The van der Waals surface area contributed by atoms with Crippen LogP contribution in [0.2, 0.25) is 5.02 Å². The predicted octanol–water partition coefficient (Wildman–Crippen LogP) is 6.41. The first-order valence-electron chi connectivity index (χ1n) is 25.8. The molecule has 6 atom stereocenters. The molecule has 4 aliphatic heterocycles. The van der Waals surface area contributed by atoms with Crippen LogP contribution in [-0.2, 0) is 9.59 Å². The minimum atomic E-state index is -0.878. The van der Waals surface area contributed by atoms with Gasteiger partial charge < -0.3 is 50.0 Å². The van der Waals surface area contributed by atoms with Crippen LogP contribution < -0.4 is 30.3 Å². The number of carbonyl (C=O) groups excluding carboxylic acids is 2. The first-order valence-corrected chi connectivity index (χ1v) is 27.1. The number of anilines is 3. The van der Waals surface area contributed by atoms with E-state index in [0.717, 1.165) is 91.7 Å². The number of amides is 2. The zero-order valence-corrected chi connectivity index (χ0v) is 44.3. The Morgan fingerprint density at radius 1 is 0.920 bits per heavy atom. The molecule has 4 fully saturated rings. The number of phenols is 1. The van der Waals surface area contributed by atoms with E-state index in [9.17, 15) is 19.8 Å². The number of nitrogens with one attached hydrogen (secondary N) is 1. The number of aliphatic hydroxyl groups is 1. The minimum absolute atomic E-state index is 0.00786. The molecule has 0 saturated carbocycles. The molecule has 3 unspecified atom stereocenters. The monoisotopic (exact) mass is 1060 g/mol. The summed E-state index contributed by atoms with van der Waals surface area (Å²) in [5.74, 6) is -0.430. The number of pyridine rings is 1. The van der Waals surface area contributed by atoms with Crippen LogP contribution in [0.5, 0.6) is 17.5 Å². The van der Waals surface area contributed by atoms with Gasteiger partial charge in [0.1, 0.15) is 35.9 Å². The summed E-state index contributed by atoms with van der Waals surface area (Å²) < 4.78 is 18.0. The predicted molar refractivity (Wildman–Crippen MR) is 287 cm³/mol. The lowest BCUT2D eigenvalue weighted by molar-refractivity contribution is -0.141. The number of phenolic OH excluding ortho intramolecular Hbond substituents is 1. The summed E-state index contributed by atoms with van der Waals surface area (Å²) in [4.78, 5) is 49.0. The van der Waals surface area contributed by atoms with Gasteiger partial charge in [-0.2, -0.15) is 0 Å². The van der Waals surface area contributed by atoms with E-state index in [4.69, 9.17) is 31.3 Å². The molecular weight excluding hydrogens is 996 g/mol. The number of rotatable bonds is 18. The van der Waals surface area contributed by atoms with Crippen LogP contribution in [0.25, 0.3) is 21.7 Å². The summed E-state index contributed by atoms with van der Waals surface area (Å²) in [5, 5.41) is 37.1. The zero-order chi connectivity index (χ0) is 52.3. The molecule has 396 valence electrons. The second-order valence-corrected chi connectivity index (χ2v) is 21.6. The number of thiazole rings is 1. The number of hydrogen-bond acceptors (Lipinski definition) is 18. The van der Waals surface area contributed by atoms with Gasteiger partial charge in [-0.25, -0.2) is 9.97 Å². The summed E-state index contributed by atoms with van der Waals surface area (Å²) in [5.41, 5.74) is 14.3. The Morgan fingerprint density at radius 3 is 2.31 bits per heavy atom. The normalized spacial score (nSPS) is 20.9. The highest BCUT2D eigenvalue weighted by Crippen LogP contribution is 2.41. The lowest BCUT2D eigenvalue weighted by Crippen LogP contribution is -2.54. The summed E-state index contributed by atoms with van der Waals surface area (Å²) in [6.07, 6.45) is 3.19. The fraction of sp³-hybridized carbons (Fsp3) is 0.463. The molecule has 4 aliphatic rings. The number of para-hydroxylation sites is 1. The second kappa shape index (κ2) is 22.7. The van der Waals surface area contributed by atoms with Gasteiger partial charge in [0.2, 0.25) is 17.7 Å². The molecule has 8 heterocycles. The van der Waals surface area contributed by atoms with Crippen molar-refractivity contribution in [1.29, 1.82) is 0 Å². The van der Waals surface area contributed by atoms with Crippen molar-refractivity contribution < 1.29 is 33.8 Å². The van der Waals surface area contributed by atoms with Gasteiger partial charge >= 0.3 is 0 Å². The number of aromatic nitrogens is 5. The Labute approximate surface area is 445 Å². The topological polar surface area (TPSA) is 225 Å². The van der Waals surface area contributed by atoms with E-state index < -0.39 is 18.1 Å². The summed E-state index contributed by atoms with van der Waals surface area (Å²) >= 11 is 8.43. The van der Waals surface area contributed by atoms with Crippen molar-refractivity contribution in [3.8, 4) is 39.2 Å². The maximum absolute atomic E-state index is 14.3. The van der Waals surface area contributed by atoms with Gasteiger partial charge in [0.25, 0.3) is 5.88 Å². The fourth-order valence-corrected chi connectivity index (χ4v) is 12.1. The quantitative estimate of drug-likeness (QED) is 0.0730. The minimum Gasteiger partial charge on any atom is -0.507 e. The molecule has 75 heavy (non-hydrogen) atoms. The van der Waals surface area contributed by atoms with Crippen LogP contribution >= 0.6 is 22.9 Å². The second-order valence-electron chi connectivity index (χ2n) is 20.3. The van der Waals surface area contributed by atoms with Gasteiger partial charge in [-0.3, -0.25) is 19.4 Å². The number of aliphatic hydroxyl groups excluding tert-OH is 1. The van der Waals surface area contributed by atoms with Crippen molar-refractivity contribution in [2.45, 2.75) is 83.1 Å². The van der Waals surface area contributed by atoms with Crippen LogP contribution in [0.15, 0.2) is 83.0 Å². The number of hydrogen-bond donors (Lipinski definition) is 4. The number of aromatic hydroxyl groups is 1. The molecule has 2 bridgehead atoms. The molecule has 5 N–H and O–H groups in total. The van der Waals surface area contributed by atoms with E-state index in [-0.39, 0.29) is 71.2 Å². The number of benzene rings is 2. The van der Waals surface area contributed by atoms with Gasteiger partial charge in [-0.1, -0.05) is 61.8 Å². The standard InChI is InChI=1S/C54H65ClN12O7S/c1-32(2)47(54(71)66-30-40(68)26-44(66)52(70)59-33(3)35-9-11-36(12-10-35)50-34(4)58-31-75-50)49-48(55)53(62-74-49)73-24-22-64-19-17-63(18-20-64)21-23-72-46-25-37(15-16-57-46)67-38-13-14-39(67)29-65(28-38)43-27-42(60-61-51(43)56)41-7-5-6-8-45(41)69/h5-12,15-16,25,27,31-33,38-40,44,47,68-69H,13-14,17-24,26,28-30H2,1-4H3,(H2,56,61)(H,59,70)/t33-,38?,39?,40+,44?,47+/m0/s1. The molecule has 6 aromatic rings. The Kier molecular flexibility index (Phi) is 15.7. The van der Waals surface area contributed by atoms with Crippen LogP contribution in [0.3, 0.4) is 0 Å². The maximum atomic E-state index is 14.3. The lowest BCUT2D eigenvalue weighted by Gasteiger charge is -2.43. The number of β-amino-alcohol motifs (C(OH)–C–C–N with tert-alkyl or cyclic N) is 1. The van der Waals surface area contributed by atoms with Gasteiger partial charge in [0.05, 0.1) is 39.6 Å². The third-order valence-electron chi connectivity index (χ3n) is 15.1. The summed E-state index contributed by atoms with van der Waals surface area (Å²) in [6.45, 7) is 14.9. The fourth-order valence-electron chi connectivity index (χ4n) is 11.1. The Morgan fingerprint density at radius 2 is 1.63 bits per heavy atom. The van der Waals surface area contributed by atoms with E-state index in [1.54, 1.807) is 23.5 Å². The number of nitrogen functional groups attached to an aromatic ring is 1. The van der Waals surface area contributed by atoms with Crippen LogP contribution in [-0.4, -0.2) is 158 Å². The van der Waals surface area contributed by atoms with E-state index in [2.05, 4.69) is 56.3 Å². The summed E-state index contributed by atoms with van der Waals surface area (Å²) in [6, 6.07) is 20.5. The smallest absolute Gasteiger partial charge is 0.273 e. The van der Waals surface area contributed by atoms with Gasteiger partial charge in [-0.05, 0) is 73.2 Å². The van der Waals surface area contributed by atoms with Crippen molar-refractivity contribution in [3.05, 3.63) is 100 Å². The number of halogens is 1. The molecule has 4 saturated heterocycles. The van der Waals surface area contributed by atoms with Gasteiger partial charge in [-0.15, -0.1) is 21.5 Å². The number of aryl methyl sites for hydroxylation is 1. The number of fused-ring (bicyclic) bond motifs is 2. The van der Waals surface area contributed by atoms with Crippen LogP contribution in [0, 0.1) is 12.8 Å². The Balaban J connectivity index is 0.666. The Hall–Kier alpha value is -6.58. The van der Waals surface area contributed by atoms with Crippen molar-refractivity contribution in [3.63, 3.8) is 0 Å². The SMILES string of the molecule is Cc1ncsc1-c1ccc([C@H](C)NC(=O)C2C[C@@H](O)CN2C(=O)[C@@H](c2onc(OCCN3CCN(CCOc4cc(N5C6CCC5CN(c5cc(-c7ccccc7O)nnc5N)C6)ccn4)CC3)c2Cl)C(C)C)cc1. The Bertz CT molecular complexity index is 2940. The van der Waals surface area contributed by atoms with Crippen molar-refractivity contribution in [1.82, 2.24) is 45.3 Å². The molecule has 4 aromatic heterocycles. The average Bonchev–Trinajstić information content (AvgIpc) is 4.20. The highest BCUT2D eigenvalue weighted by molar-refractivity contribution is 7.13. The number of carbonyl (C=O) groups is 2. The van der Waals surface area contributed by atoms with E-state index >= 15 is 0 Å². The van der Waals surface area contributed by atoms with Crippen molar-refractivity contribution in [2.75, 3.05) is 87.7 Å². The largest absolute Gasteiger partial charge is 0.507 e. The van der Waals surface area contributed by atoms with Crippen molar-refractivity contribution >= 4 is 51.9 Å². The summed E-state index contributed by atoms with van der Waals surface area (Å²) in [7, 11) is 0. The van der Waals surface area contributed by atoms with Crippen LogP contribution in [0.4, 0.5) is 17.2 Å². The molecule has 2 aromatic carbocycles. The molecule has 10 rings (SSSR count). The van der Waals surface area contributed by atoms with E-state index in [1.165, 1.54) is 4.90 Å². The maximum Gasteiger partial charge on any atom is 0.273 e. The number of nitrogens with zero attached hydrogens (tertiary/aromatic N) is 10. The zero-order valence-electron chi connectivity index (χ0n) is 42.7. The lowest BCUT2D eigenvalue weighted by atomic mass is 9.91. The molecule has 0 aliphatic carbocycles. The van der Waals surface area contributed by atoms with E-state index in [0.29, 0.717) is 42.7 Å². The number of likely N-dealkylation sites (tertiary alicyclic amines) is 1. The number of nitrogens with two attached hydrogens (primary N) is 1. The van der Waals surface area contributed by atoms with E-state index in [1.807, 2.05) is 87.9 Å². The number of piperazine rings is 2. The van der Waals surface area contributed by atoms with Gasteiger partial charge in [0, 0.05) is 101 Å². The highest BCUT2D eigenvalue weighted by atomic mass is 35.5.